The van der Waals surface area contributed by atoms with Crippen LogP contribution in [0, 0.1) is 11.3 Å². The van der Waals surface area contributed by atoms with E-state index < -0.39 is 0 Å². The molecule has 0 aliphatic carbocycles. The Bertz CT molecular complexity index is 290. The first-order valence-corrected chi connectivity index (χ1v) is 4.28. The third-order valence-electron chi connectivity index (χ3n) is 1.13. The van der Waals surface area contributed by atoms with Crippen molar-refractivity contribution in [1.29, 1.82) is 5.26 Å². The minimum atomic E-state index is 0.693. The molecular formula is C7H5AsClN. The Hall–Kier alpha value is -0.442. The summed E-state index contributed by atoms with van der Waals surface area (Å²) in [6.45, 7) is 0. The van der Waals surface area contributed by atoms with E-state index >= 15 is 0 Å². The van der Waals surface area contributed by atoms with Gasteiger partial charge in [0.2, 0.25) is 0 Å². The molecule has 0 amide bonds. The Labute approximate surface area is 73.1 Å². The molecule has 0 radical (unpaired) electrons. The SMILES string of the molecule is N#Cc1ccc(Cl)cc1[AsH2]. The van der Waals surface area contributed by atoms with E-state index in [1.807, 2.05) is 0 Å². The number of benzene rings is 1. The summed E-state index contributed by atoms with van der Waals surface area (Å²) in [5.74, 6) is 0. The van der Waals surface area contributed by atoms with Crippen LogP contribution in [0.2, 0.25) is 5.02 Å². The van der Waals surface area contributed by atoms with Crippen LogP contribution in [-0.4, -0.2) is 16.9 Å². The molecule has 0 saturated carbocycles. The minimum absolute atomic E-state index is 0.693. The van der Waals surface area contributed by atoms with E-state index in [2.05, 4.69) is 6.07 Å². The first-order valence-electron chi connectivity index (χ1n) is 2.69. The van der Waals surface area contributed by atoms with Crippen molar-refractivity contribution in [3.63, 3.8) is 0 Å². The van der Waals surface area contributed by atoms with Crippen molar-refractivity contribution in [2.24, 2.45) is 0 Å². The van der Waals surface area contributed by atoms with Gasteiger partial charge in [0.1, 0.15) is 0 Å². The molecule has 0 spiro atoms. The number of nitriles is 1. The summed E-state index contributed by atoms with van der Waals surface area (Å²) in [5.41, 5.74) is 0.712. The van der Waals surface area contributed by atoms with E-state index in [1.54, 1.807) is 18.2 Å². The predicted molar refractivity (Wildman–Crippen MR) is 44.3 cm³/mol. The van der Waals surface area contributed by atoms with E-state index in [4.69, 9.17) is 16.9 Å². The average Bonchev–Trinajstić information content (AvgIpc) is 1.88. The first-order chi connectivity index (χ1) is 4.74. The van der Waals surface area contributed by atoms with Gasteiger partial charge in [-0.25, -0.2) is 0 Å². The van der Waals surface area contributed by atoms with E-state index in [9.17, 15) is 0 Å². The number of nitrogens with zero attached hydrogens (tertiary/aromatic N) is 1. The Morgan fingerprint density at radius 2 is 2.20 bits per heavy atom. The summed E-state index contributed by atoms with van der Waals surface area (Å²) in [6.07, 6.45) is 0. The summed E-state index contributed by atoms with van der Waals surface area (Å²) >= 11 is 7.10. The van der Waals surface area contributed by atoms with Crippen LogP contribution < -0.4 is 4.35 Å². The van der Waals surface area contributed by atoms with Crippen molar-refractivity contribution < 1.29 is 0 Å². The molecule has 1 aromatic rings. The fourth-order valence-electron chi connectivity index (χ4n) is 0.635. The van der Waals surface area contributed by atoms with Crippen molar-refractivity contribution >= 4 is 32.8 Å². The fourth-order valence-corrected chi connectivity index (χ4v) is 1.75. The van der Waals surface area contributed by atoms with Crippen LogP contribution in [0.3, 0.4) is 0 Å². The second kappa shape index (κ2) is 3.10. The van der Waals surface area contributed by atoms with Crippen molar-refractivity contribution in [1.82, 2.24) is 0 Å². The molecule has 0 fully saturated rings. The molecule has 0 aliphatic rings. The Kier molecular flexibility index (Phi) is 2.38. The summed E-state index contributed by atoms with van der Waals surface area (Å²) in [6, 6.07) is 7.35. The van der Waals surface area contributed by atoms with Gasteiger partial charge < -0.3 is 0 Å². The molecule has 1 aromatic carbocycles. The zero-order chi connectivity index (χ0) is 7.56. The van der Waals surface area contributed by atoms with Gasteiger partial charge >= 0.3 is 72.9 Å². The van der Waals surface area contributed by atoms with Gasteiger partial charge in [0.25, 0.3) is 0 Å². The Balaban J connectivity index is 3.23. The second-order valence-corrected chi connectivity index (χ2v) is 3.58. The second-order valence-electron chi connectivity index (χ2n) is 1.84. The molecule has 0 aromatic heterocycles. The molecule has 1 nitrogen and oxygen atoms in total. The van der Waals surface area contributed by atoms with Gasteiger partial charge in [0, 0.05) is 0 Å². The summed E-state index contributed by atoms with van der Waals surface area (Å²) < 4.78 is 0.988. The Morgan fingerprint density at radius 3 is 2.70 bits per heavy atom. The molecule has 10 heavy (non-hydrogen) atoms. The molecule has 0 saturated heterocycles. The van der Waals surface area contributed by atoms with Crippen molar-refractivity contribution in [3.8, 4) is 6.07 Å². The van der Waals surface area contributed by atoms with Crippen molar-refractivity contribution in [3.05, 3.63) is 28.8 Å². The van der Waals surface area contributed by atoms with Crippen molar-refractivity contribution in [2.75, 3.05) is 0 Å². The molecular weight excluding hydrogens is 208 g/mol. The topological polar surface area (TPSA) is 23.8 Å². The third kappa shape index (κ3) is 1.53. The van der Waals surface area contributed by atoms with E-state index in [1.165, 1.54) is 16.9 Å². The van der Waals surface area contributed by atoms with Gasteiger partial charge in [-0.3, -0.25) is 0 Å². The van der Waals surface area contributed by atoms with Crippen LogP contribution >= 0.6 is 11.6 Å². The fraction of sp³-hybridized carbons (Fsp3) is 0. The van der Waals surface area contributed by atoms with E-state index in [0.29, 0.717) is 10.6 Å². The van der Waals surface area contributed by atoms with E-state index in [-0.39, 0.29) is 0 Å². The van der Waals surface area contributed by atoms with Gasteiger partial charge in [-0.2, -0.15) is 0 Å². The zero-order valence-corrected chi connectivity index (χ0v) is 8.31. The van der Waals surface area contributed by atoms with Crippen LogP contribution in [0.5, 0.6) is 0 Å². The summed E-state index contributed by atoms with van der Waals surface area (Å²) in [5, 5.41) is 9.22. The van der Waals surface area contributed by atoms with Gasteiger partial charge in [0.05, 0.1) is 0 Å². The molecule has 0 heterocycles. The average molecular weight is 213 g/mol. The number of hydrogen-bond acceptors (Lipinski definition) is 1. The predicted octanol–water partition coefficient (Wildman–Crippen LogP) is 0.470. The zero-order valence-electron chi connectivity index (χ0n) is 5.13. The molecule has 1 unspecified atom stereocenters. The van der Waals surface area contributed by atoms with E-state index in [0.717, 1.165) is 4.35 Å². The van der Waals surface area contributed by atoms with Gasteiger partial charge in [-0.15, -0.1) is 0 Å². The summed E-state index contributed by atoms with van der Waals surface area (Å²) in [4.78, 5) is 0. The molecule has 1 atom stereocenters. The quantitative estimate of drug-likeness (QED) is 0.575. The maximum atomic E-state index is 8.53. The molecule has 1 rings (SSSR count). The number of halogens is 1. The Morgan fingerprint density at radius 1 is 1.50 bits per heavy atom. The molecule has 0 bridgehead atoms. The van der Waals surface area contributed by atoms with Gasteiger partial charge in [0.15, 0.2) is 0 Å². The van der Waals surface area contributed by atoms with Crippen LogP contribution in [0.4, 0.5) is 0 Å². The molecule has 3 heteroatoms. The molecule has 50 valence electrons. The van der Waals surface area contributed by atoms with Crippen LogP contribution in [0.1, 0.15) is 5.56 Å². The third-order valence-corrected chi connectivity index (χ3v) is 2.37. The van der Waals surface area contributed by atoms with Crippen LogP contribution in [0.25, 0.3) is 0 Å². The monoisotopic (exact) mass is 213 g/mol. The molecule has 0 aliphatic heterocycles. The standard InChI is InChI=1S/C7H5AsClN/c8-7-3-6(9)2-1-5(7)4-10/h1-3H,8H2. The number of hydrogen-bond donors (Lipinski definition) is 0. The maximum absolute atomic E-state index is 8.53. The van der Waals surface area contributed by atoms with Gasteiger partial charge in [-0.1, -0.05) is 0 Å². The normalized spacial score (nSPS) is 8.90. The summed E-state index contributed by atoms with van der Waals surface area (Å²) in [7, 11) is 0. The van der Waals surface area contributed by atoms with Gasteiger partial charge in [-0.05, 0) is 0 Å². The molecule has 0 N–H and O–H groups in total. The van der Waals surface area contributed by atoms with Crippen LogP contribution in [0.15, 0.2) is 18.2 Å². The van der Waals surface area contributed by atoms with Crippen molar-refractivity contribution in [2.45, 2.75) is 0 Å². The van der Waals surface area contributed by atoms with Crippen LogP contribution in [-0.2, 0) is 0 Å². The number of rotatable bonds is 0. The first kappa shape index (κ1) is 7.66.